The molecule has 25 heavy (non-hydrogen) atoms. The number of methoxy groups -OCH3 is 2. The molecule has 0 atom stereocenters. The number of furan rings is 1. The third-order valence-electron chi connectivity index (χ3n) is 3.49. The van der Waals surface area contributed by atoms with Crippen molar-refractivity contribution in [3.63, 3.8) is 0 Å². The van der Waals surface area contributed by atoms with Gasteiger partial charge in [-0.05, 0) is 30.4 Å². The average Bonchev–Trinajstić information content (AvgIpc) is 3.22. The Kier molecular flexibility index (Phi) is 4.25. The molecule has 128 valence electrons. The second kappa shape index (κ2) is 6.52. The highest BCUT2D eigenvalue weighted by Gasteiger charge is 2.25. The summed E-state index contributed by atoms with van der Waals surface area (Å²) >= 11 is 0. The molecule has 0 saturated carbocycles. The minimum atomic E-state index is -0.654. The van der Waals surface area contributed by atoms with E-state index in [1.165, 1.54) is 38.5 Å². The summed E-state index contributed by atoms with van der Waals surface area (Å²) in [5, 5.41) is 10.6. The van der Waals surface area contributed by atoms with E-state index in [0.717, 1.165) is 0 Å². The molecule has 0 fully saturated rings. The molecule has 2 heterocycles. The van der Waals surface area contributed by atoms with E-state index in [2.05, 4.69) is 0 Å². The van der Waals surface area contributed by atoms with E-state index in [1.807, 2.05) is 0 Å². The van der Waals surface area contributed by atoms with E-state index in [1.54, 1.807) is 18.2 Å². The lowest BCUT2D eigenvalue weighted by atomic mass is 10.1. The second-order valence-corrected chi connectivity index (χ2v) is 5.00. The summed E-state index contributed by atoms with van der Waals surface area (Å²) in [6, 6.07) is 7.70. The zero-order valence-corrected chi connectivity index (χ0v) is 13.3. The van der Waals surface area contributed by atoms with Crippen LogP contribution in [0.15, 0.2) is 46.4 Å². The molecule has 0 saturated heterocycles. The van der Waals surface area contributed by atoms with E-state index in [4.69, 9.17) is 18.6 Å². The van der Waals surface area contributed by atoms with Gasteiger partial charge in [-0.15, -0.1) is 0 Å². The highest BCUT2D eigenvalue weighted by molar-refractivity contribution is 6.05. The lowest BCUT2D eigenvalue weighted by Gasteiger charge is -2.10. The molecule has 0 spiro atoms. The molecule has 8 heteroatoms. The number of benzene rings is 1. The molecule has 1 aromatic heterocycles. The number of hydrogen-bond acceptors (Lipinski definition) is 7. The van der Waals surface area contributed by atoms with Crippen molar-refractivity contribution < 1.29 is 28.3 Å². The molecule has 0 amide bonds. The molecule has 0 unspecified atom stereocenters. The molecule has 2 aromatic rings. The quantitative estimate of drug-likeness (QED) is 0.355. The van der Waals surface area contributed by atoms with Crippen LogP contribution in [0.4, 0.5) is 5.88 Å². The van der Waals surface area contributed by atoms with Gasteiger partial charge in [0.05, 0.1) is 31.4 Å². The molecule has 3 rings (SSSR count). The first kappa shape index (κ1) is 16.3. The molecule has 0 N–H and O–H groups in total. The van der Waals surface area contributed by atoms with Crippen molar-refractivity contribution in [3.05, 3.63) is 63.4 Å². The minimum absolute atomic E-state index is 0.179. The van der Waals surface area contributed by atoms with Crippen LogP contribution in [0.3, 0.4) is 0 Å². The van der Waals surface area contributed by atoms with E-state index in [-0.39, 0.29) is 11.3 Å². The number of cyclic esters (lactones) is 1. The monoisotopic (exact) mass is 343 g/mol. The first-order chi connectivity index (χ1) is 12.0. The summed E-state index contributed by atoms with van der Waals surface area (Å²) in [6.07, 6.45) is 2.89. The maximum atomic E-state index is 12.0. The summed E-state index contributed by atoms with van der Waals surface area (Å²) in [5.74, 6) is 0.568. The number of nitrogens with zero attached hydrogens (tertiary/aromatic N) is 1. The van der Waals surface area contributed by atoms with Crippen LogP contribution in [-0.4, -0.2) is 25.1 Å². The number of ether oxygens (including phenoxy) is 3. The van der Waals surface area contributed by atoms with Crippen molar-refractivity contribution in [1.82, 2.24) is 0 Å². The van der Waals surface area contributed by atoms with Crippen LogP contribution < -0.4 is 9.47 Å². The normalized spacial score (nSPS) is 15.0. The standard InChI is InChI=1S/C17H13NO7/c1-22-11-3-5-13(14(9-11)23-2)15-8-10(17(19)25-15)7-12-4-6-16(24-12)18(20)21/h3-9H,1-2H3. The lowest BCUT2D eigenvalue weighted by Crippen LogP contribution is -1.98. The van der Waals surface area contributed by atoms with Crippen LogP contribution in [0.25, 0.3) is 11.8 Å². The molecule has 0 radical (unpaired) electrons. The van der Waals surface area contributed by atoms with Crippen LogP contribution in [0.5, 0.6) is 11.5 Å². The maximum Gasteiger partial charge on any atom is 0.433 e. The number of rotatable bonds is 5. The second-order valence-electron chi connectivity index (χ2n) is 5.00. The molecule has 1 aliphatic heterocycles. The van der Waals surface area contributed by atoms with Crippen molar-refractivity contribution in [2.24, 2.45) is 0 Å². The number of nitro groups is 1. The van der Waals surface area contributed by atoms with E-state index in [0.29, 0.717) is 22.8 Å². The number of carbonyl (C=O) groups excluding carboxylic acids is 1. The molecule has 0 aliphatic carbocycles. The van der Waals surface area contributed by atoms with Gasteiger partial charge in [0.1, 0.15) is 27.9 Å². The maximum absolute atomic E-state index is 12.0. The van der Waals surface area contributed by atoms with Gasteiger partial charge in [-0.2, -0.15) is 0 Å². The molecule has 1 aromatic carbocycles. The fraction of sp³-hybridized carbons (Fsp3) is 0.118. The third kappa shape index (κ3) is 3.23. The predicted molar refractivity (Wildman–Crippen MR) is 87.0 cm³/mol. The predicted octanol–water partition coefficient (Wildman–Crippen LogP) is 3.19. The van der Waals surface area contributed by atoms with Crippen LogP contribution in [0.1, 0.15) is 11.3 Å². The molecular weight excluding hydrogens is 330 g/mol. The van der Waals surface area contributed by atoms with E-state index in [9.17, 15) is 14.9 Å². The Balaban J connectivity index is 1.94. The van der Waals surface area contributed by atoms with E-state index < -0.39 is 16.8 Å². The fourth-order valence-corrected chi connectivity index (χ4v) is 2.29. The average molecular weight is 343 g/mol. The number of esters is 1. The summed E-state index contributed by atoms with van der Waals surface area (Å²) < 4.78 is 20.7. The number of hydrogen-bond donors (Lipinski definition) is 0. The van der Waals surface area contributed by atoms with Gasteiger partial charge < -0.3 is 18.6 Å². The molecule has 1 aliphatic rings. The van der Waals surface area contributed by atoms with Crippen molar-refractivity contribution in [2.45, 2.75) is 0 Å². The van der Waals surface area contributed by atoms with Gasteiger partial charge in [0.2, 0.25) is 0 Å². The summed E-state index contributed by atoms with van der Waals surface area (Å²) in [7, 11) is 3.03. The van der Waals surface area contributed by atoms with Crippen molar-refractivity contribution >= 4 is 23.7 Å². The van der Waals surface area contributed by atoms with Crippen molar-refractivity contribution in [3.8, 4) is 11.5 Å². The van der Waals surface area contributed by atoms with Gasteiger partial charge in [-0.1, -0.05) is 0 Å². The first-order valence-corrected chi connectivity index (χ1v) is 7.14. The molecule has 8 nitrogen and oxygen atoms in total. The minimum Gasteiger partial charge on any atom is -0.497 e. The van der Waals surface area contributed by atoms with Crippen molar-refractivity contribution in [2.75, 3.05) is 14.2 Å². The topological polar surface area (TPSA) is 101 Å². The Morgan fingerprint density at radius 2 is 1.96 bits per heavy atom. The molecular formula is C17H13NO7. The van der Waals surface area contributed by atoms with Crippen LogP contribution in [0.2, 0.25) is 0 Å². The van der Waals surface area contributed by atoms with Crippen LogP contribution >= 0.6 is 0 Å². The summed E-state index contributed by atoms with van der Waals surface area (Å²) in [6.45, 7) is 0. The van der Waals surface area contributed by atoms with Gasteiger partial charge in [0.25, 0.3) is 0 Å². The van der Waals surface area contributed by atoms with Crippen LogP contribution in [-0.2, 0) is 9.53 Å². The third-order valence-corrected chi connectivity index (χ3v) is 3.49. The van der Waals surface area contributed by atoms with Gasteiger partial charge in [0, 0.05) is 6.07 Å². The Labute approximate surface area is 142 Å². The molecule has 0 bridgehead atoms. The lowest BCUT2D eigenvalue weighted by molar-refractivity contribution is -0.402. The number of carbonyl (C=O) groups is 1. The Morgan fingerprint density at radius 1 is 1.16 bits per heavy atom. The fourth-order valence-electron chi connectivity index (χ4n) is 2.29. The van der Waals surface area contributed by atoms with E-state index >= 15 is 0 Å². The Morgan fingerprint density at radius 3 is 2.60 bits per heavy atom. The smallest absolute Gasteiger partial charge is 0.433 e. The zero-order valence-electron chi connectivity index (χ0n) is 13.3. The summed E-state index contributed by atoms with van der Waals surface area (Å²) in [4.78, 5) is 22.0. The van der Waals surface area contributed by atoms with Crippen LogP contribution in [0, 0.1) is 10.1 Å². The van der Waals surface area contributed by atoms with Gasteiger partial charge in [-0.3, -0.25) is 10.1 Å². The zero-order chi connectivity index (χ0) is 18.0. The largest absolute Gasteiger partial charge is 0.497 e. The van der Waals surface area contributed by atoms with Gasteiger partial charge >= 0.3 is 11.9 Å². The highest BCUT2D eigenvalue weighted by Crippen LogP contribution is 2.35. The highest BCUT2D eigenvalue weighted by atomic mass is 16.6. The van der Waals surface area contributed by atoms with Crippen molar-refractivity contribution in [1.29, 1.82) is 0 Å². The Hall–Kier alpha value is -3.55. The summed E-state index contributed by atoms with van der Waals surface area (Å²) in [5.41, 5.74) is 0.780. The SMILES string of the molecule is COc1ccc(C2=CC(=Cc3ccc([N+](=O)[O-])o3)C(=O)O2)c(OC)c1. The van der Waals surface area contributed by atoms with Gasteiger partial charge in [-0.25, -0.2) is 4.79 Å². The Bertz CT molecular complexity index is 907. The first-order valence-electron chi connectivity index (χ1n) is 7.14. The van der Waals surface area contributed by atoms with Gasteiger partial charge in [0.15, 0.2) is 0 Å².